The molecule has 9 heteroatoms. The van der Waals surface area contributed by atoms with Crippen LogP contribution < -0.4 is 15.4 Å². The van der Waals surface area contributed by atoms with E-state index in [1.54, 1.807) is 24.3 Å². The normalized spacial score (nSPS) is 10.4. The third kappa shape index (κ3) is 4.48. The molecule has 0 bridgehead atoms. The number of aromatic nitrogens is 2. The van der Waals surface area contributed by atoms with Crippen LogP contribution in [0.2, 0.25) is 5.02 Å². The maximum absolute atomic E-state index is 13.2. The molecule has 0 saturated carbocycles. The number of hydrogen-bond donors (Lipinski definition) is 2. The summed E-state index contributed by atoms with van der Waals surface area (Å²) in [5, 5.41) is 13.6. The van der Waals surface area contributed by atoms with E-state index in [1.165, 1.54) is 19.2 Å². The molecule has 27 heavy (non-hydrogen) atoms. The monoisotopic (exact) mass is 390 g/mol. The average Bonchev–Trinajstić information content (AvgIpc) is 2.65. The lowest BCUT2D eigenvalue weighted by Crippen LogP contribution is -2.14. The summed E-state index contributed by atoms with van der Waals surface area (Å²) >= 11 is 6.06. The van der Waals surface area contributed by atoms with Crippen molar-refractivity contribution in [2.24, 2.45) is 0 Å². The molecule has 0 aliphatic heterocycles. The molecule has 1 amide bonds. The van der Waals surface area contributed by atoms with E-state index in [0.717, 1.165) is 12.1 Å². The van der Waals surface area contributed by atoms with Crippen molar-refractivity contribution in [3.05, 3.63) is 70.9 Å². The van der Waals surface area contributed by atoms with Gasteiger partial charge in [0.25, 0.3) is 5.91 Å². The highest BCUT2D eigenvalue weighted by Gasteiger charge is 2.11. The van der Waals surface area contributed by atoms with Gasteiger partial charge in [0.1, 0.15) is 5.75 Å². The number of halogens is 3. The van der Waals surface area contributed by atoms with Crippen LogP contribution in [0.3, 0.4) is 0 Å². The molecule has 0 saturated heterocycles. The number of rotatable bonds is 5. The van der Waals surface area contributed by atoms with E-state index in [-0.39, 0.29) is 11.4 Å². The van der Waals surface area contributed by atoms with Crippen molar-refractivity contribution in [1.29, 1.82) is 0 Å². The van der Waals surface area contributed by atoms with Crippen LogP contribution in [0.25, 0.3) is 0 Å². The van der Waals surface area contributed by atoms with Gasteiger partial charge in [-0.1, -0.05) is 11.6 Å². The van der Waals surface area contributed by atoms with E-state index in [4.69, 9.17) is 16.3 Å². The Hall–Kier alpha value is -3.26. The Bertz CT molecular complexity index is 984. The zero-order chi connectivity index (χ0) is 19.4. The van der Waals surface area contributed by atoms with Crippen LogP contribution in [-0.2, 0) is 0 Å². The molecule has 2 aromatic carbocycles. The summed E-state index contributed by atoms with van der Waals surface area (Å²) in [4.78, 5) is 12.1. The van der Waals surface area contributed by atoms with E-state index in [0.29, 0.717) is 22.3 Å². The third-order valence-electron chi connectivity index (χ3n) is 3.50. The van der Waals surface area contributed by atoms with Crippen molar-refractivity contribution < 1.29 is 18.3 Å². The SMILES string of the molecule is COc1ccc(Nc2ccc(C(=O)Nc3ccc(F)c(F)c3)nn2)cc1Cl. The van der Waals surface area contributed by atoms with Gasteiger partial charge in [-0.05, 0) is 42.5 Å². The zero-order valence-electron chi connectivity index (χ0n) is 14.0. The molecule has 3 aromatic rings. The van der Waals surface area contributed by atoms with Crippen LogP contribution in [-0.4, -0.2) is 23.2 Å². The fourth-order valence-electron chi connectivity index (χ4n) is 2.18. The van der Waals surface area contributed by atoms with Gasteiger partial charge in [0.2, 0.25) is 0 Å². The Kier molecular flexibility index (Phi) is 5.46. The third-order valence-corrected chi connectivity index (χ3v) is 3.79. The Morgan fingerprint density at radius 1 is 1.00 bits per heavy atom. The van der Waals surface area contributed by atoms with Gasteiger partial charge >= 0.3 is 0 Å². The van der Waals surface area contributed by atoms with E-state index in [1.807, 2.05) is 0 Å². The predicted molar refractivity (Wildman–Crippen MR) is 97.6 cm³/mol. The molecule has 0 radical (unpaired) electrons. The lowest BCUT2D eigenvalue weighted by molar-refractivity contribution is 0.102. The molecule has 1 aromatic heterocycles. The number of nitrogens with one attached hydrogen (secondary N) is 2. The summed E-state index contributed by atoms with van der Waals surface area (Å²) in [7, 11) is 1.52. The van der Waals surface area contributed by atoms with Crippen LogP contribution in [0.4, 0.5) is 26.0 Å². The topological polar surface area (TPSA) is 76.1 Å². The minimum absolute atomic E-state index is 0.0121. The van der Waals surface area contributed by atoms with Gasteiger partial charge in [-0.3, -0.25) is 4.79 Å². The highest BCUT2D eigenvalue weighted by atomic mass is 35.5. The van der Waals surface area contributed by atoms with Crippen LogP contribution in [0.1, 0.15) is 10.5 Å². The molecule has 0 aliphatic carbocycles. The zero-order valence-corrected chi connectivity index (χ0v) is 14.7. The summed E-state index contributed by atoms with van der Waals surface area (Å²) in [6.45, 7) is 0. The maximum atomic E-state index is 13.2. The molecule has 0 aliphatic rings. The number of carbonyl (C=O) groups is 1. The maximum Gasteiger partial charge on any atom is 0.276 e. The highest BCUT2D eigenvalue weighted by molar-refractivity contribution is 6.32. The summed E-state index contributed by atoms with van der Waals surface area (Å²) in [5.74, 6) is -1.73. The predicted octanol–water partition coefficient (Wildman–Crippen LogP) is 4.41. The van der Waals surface area contributed by atoms with Crippen molar-refractivity contribution in [1.82, 2.24) is 10.2 Å². The van der Waals surface area contributed by atoms with Crippen LogP contribution in [0, 0.1) is 11.6 Å². The molecule has 6 nitrogen and oxygen atoms in total. The van der Waals surface area contributed by atoms with Crippen molar-refractivity contribution in [3.63, 3.8) is 0 Å². The number of hydrogen-bond acceptors (Lipinski definition) is 5. The number of nitrogens with zero attached hydrogens (tertiary/aromatic N) is 2. The first-order chi connectivity index (χ1) is 13.0. The lowest BCUT2D eigenvalue weighted by atomic mass is 10.2. The van der Waals surface area contributed by atoms with E-state index >= 15 is 0 Å². The number of methoxy groups -OCH3 is 1. The van der Waals surface area contributed by atoms with Gasteiger partial charge in [-0.25, -0.2) is 8.78 Å². The van der Waals surface area contributed by atoms with Gasteiger partial charge in [0.15, 0.2) is 23.1 Å². The van der Waals surface area contributed by atoms with E-state index in [2.05, 4.69) is 20.8 Å². The molecule has 3 rings (SSSR count). The second kappa shape index (κ2) is 7.96. The smallest absolute Gasteiger partial charge is 0.276 e. The first-order valence-corrected chi connectivity index (χ1v) is 8.05. The number of anilines is 3. The van der Waals surface area contributed by atoms with Crippen molar-refractivity contribution in [2.45, 2.75) is 0 Å². The largest absolute Gasteiger partial charge is 0.495 e. The molecule has 0 fully saturated rings. The Morgan fingerprint density at radius 2 is 1.78 bits per heavy atom. The van der Waals surface area contributed by atoms with Crippen molar-refractivity contribution in [2.75, 3.05) is 17.7 Å². The average molecular weight is 391 g/mol. The Labute approximate surface area is 158 Å². The van der Waals surface area contributed by atoms with Crippen LogP contribution in [0.15, 0.2) is 48.5 Å². The molecule has 0 atom stereocenters. The van der Waals surface area contributed by atoms with Crippen molar-refractivity contribution >= 4 is 34.7 Å². The van der Waals surface area contributed by atoms with Gasteiger partial charge in [-0.15, -0.1) is 10.2 Å². The summed E-state index contributed by atoms with van der Waals surface area (Å²) in [6.07, 6.45) is 0. The number of carbonyl (C=O) groups excluding carboxylic acids is 1. The first kappa shape index (κ1) is 18.5. The number of amides is 1. The second-order valence-corrected chi connectivity index (χ2v) is 5.77. The molecular formula is C18H13ClF2N4O2. The quantitative estimate of drug-likeness (QED) is 0.674. The lowest BCUT2D eigenvalue weighted by Gasteiger charge is -2.08. The number of benzene rings is 2. The summed E-state index contributed by atoms with van der Waals surface area (Å²) < 4.78 is 31.2. The molecule has 0 spiro atoms. The van der Waals surface area contributed by atoms with Crippen LogP contribution in [0.5, 0.6) is 5.75 Å². The molecule has 2 N–H and O–H groups in total. The summed E-state index contributed by atoms with van der Waals surface area (Å²) in [5.41, 5.74) is 0.780. The molecule has 0 unspecified atom stereocenters. The number of ether oxygens (including phenoxy) is 1. The highest BCUT2D eigenvalue weighted by Crippen LogP contribution is 2.28. The van der Waals surface area contributed by atoms with Gasteiger partial charge in [0, 0.05) is 17.4 Å². The molecular weight excluding hydrogens is 378 g/mol. The van der Waals surface area contributed by atoms with Crippen molar-refractivity contribution in [3.8, 4) is 5.75 Å². The van der Waals surface area contributed by atoms with Crippen LogP contribution >= 0.6 is 11.6 Å². The van der Waals surface area contributed by atoms with E-state index < -0.39 is 17.5 Å². The molecule has 1 heterocycles. The Morgan fingerprint density at radius 3 is 2.41 bits per heavy atom. The molecule has 138 valence electrons. The van der Waals surface area contributed by atoms with E-state index in [9.17, 15) is 13.6 Å². The second-order valence-electron chi connectivity index (χ2n) is 5.36. The first-order valence-electron chi connectivity index (χ1n) is 7.67. The fourth-order valence-corrected chi connectivity index (χ4v) is 2.44. The summed E-state index contributed by atoms with van der Waals surface area (Å²) in [6, 6.07) is 11.1. The van der Waals surface area contributed by atoms with Gasteiger partial charge < -0.3 is 15.4 Å². The minimum Gasteiger partial charge on any atom is -0.495 e. The Balaban J connectivity index is 1.68. The minimum atomic E-state index is -1.06. The fraction of sp³-hybridized carbons (Fsp3) is 0.0556. The van der Waals surface area contributed by atoms with Gasteiger partial charge in [0.05, 0.1) is 12.1 Å². The standard InChI is InChI=1S/C18H13ClF2N4O2/c1-27-16-6-3-10(8-12(16)19)22-17-7-5-15(24-25-17)18(26)23-11-2-4-13(20)14(21)9-11/h2-9H,1H3,(H,22,25)(H,23,26). The van der Waals surface area contributed by atoms with Gasteiger partial charge in [-0.2, -0.15) is 0 Å².